The van der Waals surface area contributed by atoms with Gasteiger partial charge < -0.3 is 10.5 Å². The van der Waals surface area contributed by atoms with Crippen molar-refractivity contribution in [3.63, 3.8) is 0 Å². The predicted molar refractivity (Wildman–Crippen MR) is 79.9 cm³/mol. The summed E-state index contributed by atoms with van der Waals surface area (Å²) in [7, 11) is 1.64. The molecule has 1 unspecified atom stereocenters. The fourth-order valence-corrected chi connectivity index (χ4v) is 2.70. The van der Waals surface area contributed by atoms with Gasteiger partial charge in [-0.05, 0) is 48.2 Å². The number of methoxy groups -OCH3 is 1. The van der Waals surface area contributed by atoms with Gasteiger partial charge in [0.2, 0.25) is 0 Å². The minimum absolute atomic E-state index is 0.337. The Balaban J connectivity index is 2.45. The lowest BCUT2D eigenvalue weighted by molar-refractivity contribution is 0.408. The van der Waals surface area contributed by atoms with E-state index in [4.69, 9.17) is 22.1 Å². The maximum Gasteiger partial charge on any atom is 0.124 e. The third-order valence-electron chi connectivity index (χ3n) is 3.34. The third kappa shape index (κ3) is 2.79. The minimum atomic E-state index is -0.397. The second kappa shape index (κ2) is 5.81. The molecule has 0 bridgehead atoms. The van der Waals surface area contributed by atoms with Gasteiger partial charge >= 0.3 is 0 Å². The fourth-order valence-electron chi connectivity index (χ4n) is 2.42. The molecule has 0 aliphatic heterocycles. The number of benzene rings is 2. The number of hydrogen-bond acceptors (Lipinski definition) is 2. The van der Waals surface area contributed by atoms with E-state index in [2.05, 4.69) is 0 Å². The Bertz CT molecular complexity index is 619. The van der Waals surface area contributed by atoms with Gasteiger partial charge in [-0.1, -0.05) is 29.8 Å². The van der Waals surface area contributed by atoms with Gasteiger partial charge in [0.1, 0.15) is 11.6 Å². The molecule has 106 valence electrons. The fraction of sp³-hybridized carbons (Fsp3) is 0.250. The third-order valence-corrected chi connectivity index (χ3v) is 3.67. The molecule has 0 heterocycles. The largest absolute Gasteiger partial charge is 0.496 e. The van der Waals surface area contributed by atoms with Gasteiger partial charge in [-0.25, -0.2) is 4.39 Å². The highest BCUT2D eigenvalue weighted by Gasteiger charge is 2.15. The van der Waals surface area contributed by atoms with Crippen molar-refractivity contribution in [3.05, 3.63) is 63.4 Å². The Labute approximate surface area is 123 Å². The van der Waals surface area contributed by atoms with Crippen molar-refractivity contribution in [1.29, 1.82) is 0 Å². The molecule has 0 spiro atoms. The van der Waals surface area contributed by atoms with Crippen molar-refractivity contribution in [2.75, 3.05) is 7.11 Å². The van der Waals surface area contributed by atoms with Gasteiger partial charge in [-0.3, -0.25) is 0 Å². The van der Waals surface area contributed by atoms with Crippen LogP contribution in [0, 0.1) is 19.7 Å². The molecule has 2 nitrogen and oxygen atoms in total. The lowest BCUT2D eigenvalue weighted by atomic mass is 9.95. The number of aryl methyl sites for hydroxylation is 2. The molecule has 0 radical (unpaired) electrons. The van der Waals surface area contributed by atoms with Gasteiger partial charge in [0.25, 0.3) is 0 Å². The molecule has 0 saturated heterocycles. The SMILES string of the molecule is COc1c(C)cc(C(N)c2ccc(F)cc2Cl)cc1C. The molecule has 0 aliphatic carbocycles. The van der Waals surface area contributed by atoms with Gasteiger partial charge in [-0.15, -0.1) is 0 Å². The molecule has 2 rings (SSSR count). The van der Waals surface area contributed by atoms with Gasteiger partial charge in [-0.2, -0.15) is 0 Å². The molecule has 20 heavy (non-hydrogen) atoms. The lowest BCUT2D eigenvalue weighted by Crippen LogP contribution is -2.13. The number of halogens is 2. The monoisotopic (exact) mass is 293 g/mol. The highest BCUT2D eigenvalue weighted by atomic mass is 35.5. The molecule has 0 aliphatic rings. The van der Waals surface area contributed by atoms with Crippen molar-refractivity contribution >= 4 is 11.6 Å². The minimum Gasteiger partial charge on any atom is -0.496 e. The highest BCUT2D eigenvalue weighted by molar-refractivity contribution is 6.31. The Kier molecular flexibility index (Phi) is 4.31. The quantitative estimate of drug-likeness (QED) is 0.922. The van der Waals surface area contributed by atoms with Gasteiger partial charge in [0.05, 0.1) is 13.2 Å². The summed E-state index contributed by atoms with van der Waals surface area (Å²) in [6.45, 7) is 3.93. The molecule has 2 aromatic carbocycles. The Hall–Kier alpha value is -1.58. The van der Waals surface area contributed by atoms with Crippen LogP contribution in [0.15, 0.2) is 30.3 Å². The van der Waals surface area contributed by atoms with Gasteiger partial charge in [0.15, 0.2) is 0 Å². The summed E-state index contributed by atoms with van der Waals surface area (Å²) in [6, 6.07) is 7.81. The first kappa shape index (κ1) is 14.8. The number of rotatable bonds is 3. The van der Waals surface area contributed by atoms with Crippen molar-refractivity contribution in [3.8, 4) is 5.75 Å². The summed E-state index contributed by atoms with van der Waals surface area (Å²) in [5, 5.41) is 0.337. The van der Waals surface area contributed by atoms with Crippen LogP contribution in [0.5, 0.6) is 5.75 Å². The van der Waals surface area contributed by atoms with Crippen LogP contribution in [-0.4, -0.2) is 7.11 Å². The summed E-state index contributed by atoms with van der Waals surface area (Å²) >= 11 is 6.07. The van der Waals surface area contributed by atoms with Crippen LogP contribution in [0.25, 0.3) is 0 Å². The number of nitrogens with two attached hydrogens (primary N) is 1. The Morgan fingerprint density at radius 1 is 1.15 bits per heavy atom. The van der Waals surface area contributed by atoms with Crippen molar-refractivity contribution in [1.82, 2.24) is 0 Å². The van der Waals surface area contributed by atoms with E-state index in [1.54, 1.807) is 13.2 Å². The average molecular weight is 294 g/mol. The van der Waals surface area contributed by atoms with E-state index < -0.39 is 6.04 Å². The number of ether oxygens (including phenoxy) is 1. The van der Waals surface area contributed by atoms with Gasteiger partial charge in [0, 0.05) is 5.02 Å². The maximum absolute atomic E-state index is 13.1. The number of hydrogen-bond donors (Lipinski definition) is 1. The molecular weight excluding hydrogens is 277 g/mol. The lowest BCUT2D eigenvalue weighted by Gasteiger charge is -2.17. The Morgan fingerprint density at radius 2 is 1.75 bits per heavy atom. The van der Waals surface area contributed by atoms with Crippen molar-refractivity contribution < 1.29 is 9.13 Å². The highest BCUT2D eigenvalue weighted by Crippen LogP contribution is 2.31. The van der Waals surface area contributed by atoms with Crippen LogP contribution in [0.3, 0.4) is 0 Å². The molecule has 0 fully saturated rings. The normalized spacial score (nSPS) is 12.3. The van der Waals surface area contributed by atoms with Crippen LogP contribution in [0.1, 0.15) is 28.3 Å². The van der Waals surface area contributed by atoms with E-state index >= 15 is 0 Å². The molecule has 4 heteroatoms. The van der Waals surface area contributed by atoms with Crippen LogP contribution in [-0.2, 0) is 0 Å². The first-order chi connectivity index (χ1) is 9.43. The zero-order valence-electron chi connectivity index (χ0n) is 11.7. The zero-order chi connectivity index (χ0) is 14.9. The van der Waals surface area contributed by atoms with E-state index in [1.807, 2.05) is 26.0 Å². The molecule has 0 aromatic heterocycles. The molecule has 2 N–H and O–H groups in total. The summed E-state index contributed by atoms with van der Waals surface area (Å²) < 4.78 is 18.4. The van der Waals surface area contributed by atoms with Crippen LogP contribution in [0.2, 0.25) is 5.02 Å². The maximum atomic E-state index is 13.1. The summed E-state index contributed by atoms with van der Waals surface area (Å²) in [6.07, 6.45) is 0. The summed E-state index contributed by atoms with van der Waals surface area (Å²) in [5.41, 5.74) is 9.90. The van der Waals surface area contributed by atoms with E-state index in [0.29, 0.717) is 10.6 Å². The van der Waals surface area contributed by atoms with E-state index in [-0.39, 0.29) is 5.82 Å². The topological polar surface area (TPSA) is 35.2 Å². The molecular formula is C16H17ClFNO. The van der Waals surface area contributed by atoms with E-state index in [1.165, 1.54) is 12.1 Å². The molecule has 0 amide bonds. The molecule has 2 aromatic rings. The second-order valence-electron chi connectivity index (χ2n) is 4.83. The summed E-state index contributed by atoms with van der Waals surface area (Å²) in [5.74, 6) is 0.485. The van der Waals surface area contributed by atoms with E-state index in [0.717, 1.165) is 22.4 Å². The zero-order valence-corrected chi connectivity index (χ0v) is 12.5. The van der Waals surface area contributed by atoms with Crippen LogP contribution in [0.4, 0.5) is 4.39 Å². The summed E-state index contributed by atoms with van der Waals surface area (Å²) in [4.78, 5) is 0. The Morgan fingerprint density at radius 3 is 2.25 bits per heavy atom. The molecule has 1 atom stereocenters. The predicted octanol–water partition coefficient (Wildman–Crippen LogP) is 4.15. The van der Waals surface area contributed by atoms with Crippen LogP contribution >= 0.6 is 11.6 Å². The smallest absolute Gasteiger partial charge is 0.124 e. The van der Waals surface area contributed by atoms with E-state index in [9.17, 15) is 4.39 Å². The van der Waals surface area contributed by atoms with Crippen LogP contribution < -0.4 is 10.5 Å². The van der Waals surface area contributed by atoms with Crippen molar-refractivity contribution in [2.45, 2.75) is 19.9 Å². The average Bonchev–Trinajstić information content (AvgIpc) is 2.37. The molecule has 0 saturated carbocycles. The first-order valence-corrected chi connectivity index (χ1v) is 6.67. The standard InChI is InChI=1S/C16H17ClFNO/c1-9-6-11(7-10(2)16(9)20-3)15(19)13-5-4-12(18)8-14(13)17/h4-8,15H,19H2,1-3H3. The first-order valence-electron chi connectivity index (χ1n) is 6.29. The van der Waals surface area contributed by atoms with Crippen molar-refractivity contribution in [2.24, 2.45) is 5.73 Å². The second-order valence-corrected chi connectivity index (χ2v) is 5.24.